The lowest BCUT2D eigenvalue weighted by atomic mass is 9.92. The molecule has 2 N–H and O–H groups in total. The van der Waals surface area contributed by atoms with E-state index < -0.39 is 0 Å². The molecule has 1 aliphatic carbocycles. The average molecular weight is 484 g/mol. The predicted octanol–water partition coefficient (Wildman–Crippen LogP) is 4.80. The summed E-state index contributed by atoms with van der Waals surface area (Å²) in [6.07, 6.45) is 6.14. The molecule has 192 valence electrons. The Morgan fingerprint density at radius 1 is 1.14 bits per heavy atom. The first-order chi connectivity index (χ1) is 16.7. The zero-order valence-electron chi connectivity index (χ0n) is 21.9. The van der Waals surface area contributed by atoms with Gasteiger partial charge in [0.15, 0.2) is 0 Å². The Hall–Kier alpha value is -2.87. The first-order valence-corrected chi connectivity index (χ1v) is 12.7. The van der Waals surface area contributed by atoms with Crippen molar-refractivity contribution in [2.45, 2.75) is 77.7 Å². The van der Waals surface area contributed by atoms with Gasteiger partial charge in [0.1, 0.15) is 12.4 Å². The summed E-state index contributed by atoms with van der Waals surface area (Å²) in [6.45, 7) is 9.25. The number of anilines is 1. The number of urea groups is 1. The van der Waals surface area contributed by atoms with Crippen molar-refractivity contribution in [3.05, 3.63) is 41.6 Å². The van der Waals surface area contributed by atoms with Gasteiger partial charge in [0.05, 0.1) is 11.4 Å². The zero-order valence-corrected chi connectivity index (χ0v) is 21.9. The predicted molar refractivity (Wildman–Crippen MR) is 139 cm³/mol. The van der Waals surface area contributed by atoms with Crippen molar-refractivity contribution in [2.75, 3.05) is 32.1 Å². The van der Waals surface area contributed by atoms with Gasteiger partial charge in [0, 0.05) is 37.8 Å². The lowest BCUT2D eigenvalue weighted by Gasteiger charge is -2.28. The van der Waals surface area contributed by atoms with Gasteiger partial charge in [-0.1, -0.05) is 57.7 Å². The molecule has 2 aromatic rings. The number of aromatic nitrogens is 2. The Morgan fingerprint density at radius 3 is 2.46 bits per heavy atom. The molecule has 1 aromatic heterocycles. The Bertz CT molecular complexity index is 972. The zero-order chi connectivity index (χ0) is 25.4. The van der Waals surface area contributed by atoms with E-state index in [-0.39, 0.29) is 29.9 Å². The minimum absolute atomic E-state index is 0.0355. The fraction of sp³-hybridized carbons (Fsp3) is 0.593. The molecule has 1 fully saturated rings. The molecule has 0 spiro atoms. The van der Waals surface area contributed by atoms with E-state index in [1.54, 1.807) is 16.7 Å². The highest BCUT2D eigenvalue weighted by molar-refractivity contribution is 5.94. The van der Waals surface area contributed by atoms with Crippen LogP contribution in [-0.4, -0.2) is 59.5 Å². The van der Waals surface area contributed by atoms with Gasteiger partial charge in [-0.2, -0.15) is 5.10 Å². The molecule has 1 aromatic carbocycles. The van der Waals surface area contributed by atoms with E-state index in [0.29, 0.717) is 25.4 Å². The van der Waals surface area contributed by atoms with Crippen molar-refractivity contribution in [1.29, 1.82) is 0 Å². The van der Waals surface area contributed by atoms with Crippen LogP contribution in [0.1, 0.15) is 70.6 Å². The molecule has 1 heterocycles. The summed E-state index contributed by atoms with van der Waals surface area (Å²) in [7, 11) is 1.64. The molecule has 35 heavy (non-hydrogen) atoms. The summed E-state index contributed by atoms with van der Waals surface area (Å²) < 4.78 is 6.92. The normalized spacial score (nSPS) is 14.5. The molecule has 0 aliphatic heterocycles. The number of nitrogens with zero attached hydrogens (tertiary/aromatic N) is 3. The molecule has 0 saturated heterocycles. The summed E-state index contributed by atoms with van der Waals surface area (Å²) in [6, 6.07) is 9.92. The summed E-state index contributed by atoms with van der Waals surface area (Å²) in [5.74, 6) is 0.336. The van der Waals surface area contributed by atoms with Crippen LogP contribution in [0.15, 0.2) is 30.3 Å². The van der Waals surface area contributed by atoms with Crippen molar-refractivity contribution < 1.29 is 14.3 Å². The van der Waals surface area contributed by atoms with Crippen LogP contribution in [0, 0.1) is 6.92 Å². The fourth-order valence-electron chi connectivity index (χ4n) is 4.24. The average Bonchev–Trinajstić information content (AvgIpc) is 3.24. The Morgan fingerprint density at radius 2 is 1.83 bits per heavy atom. The van der Waals surface area contributed by atoms with Crippen molar-refractivity contribution in [3.8, 4) is 5.69 Å². The number of rotatable bonds is 9. The highest BCUT2D eigenvalue weighted by Gasteiger charge is 2.24. The summed E-state index contributed by atoms with van der Waals surface area (Å²) in [4.78, 5) is 27.8. The van der Waals surface area contributed by atoms with E-state index in [1.807, 2.05) is 37.3 Å². The highest BCUT2D eigenvalue weighted by atomic mass is 16.5. The van der Waals surface area contributed by atoms with Crippen molar-refractivity contribution >= 4 is 17.8 Å². The Balaban J connectivity index is 1.75. The van der Waals surface area contributed by atoms with Crippen LogP contribution in [-0.2, 0) is 14.9 Å². The third-order valence-electron chi connectivity index (χ3n) is 6.35. The quantitative estimate of drug-likeness (QED) is 0.502. The number of ether oxygens (including phenoxy) is 1. The van der Waals surface area contributed by atoms with Crippen molar-refractivity contribution in [2.24, 2.45) is 0 Å². The van der Waals surface area contributed by atoms with Crippen molar-refractivity contribution in [1.82, 2.24) is 20.0 Å². The number of aryl methyl sites for hydroxylation is 1. The van der Waals surface area contributed by atoms with E-state index in [4.69, 9.17) is 9.84 Å². The largest absolute Gasteiger partial charge is 0.385 e. The number of hydrogen-bond donors (Lipinski definition) is 2. The van der Waals surface area contributed by atoms with Crippen LogP contribution in [0.4, 0.5) is 10.6 Å². The van der Waals surface area contributed by atoms with E-state index >= 15 is 0 Å². The molecule has 0 atom stereocenters. The number of methoxy groups -OCH3 is 1. The number of hydrogen-bond acceptors (Lipinski definition) is 4. The fourth-order valence-corrected chi connectivity index (χ4v) is 4.24. The summed E-state index contributed by atoms with van der Waals surface area (Å²) in [5.41, 5.74) is 2.72. The molecule has 3 amide bonds. The molecule has 1 aliphatic rings. The first kappa shape index (κ1) is 26.7. The topological polar surface area (TPSA) is 88.5 Å². The second kappa shape index (κ2) is 12.2. The van der Waals surface area contributed by atoms with E-state index in [9.17, 15) is 9.59 Å². The summed E-state index contributed by atoms with van der Waals surface area (Å²) in [5, 5.41) is 10.9. The first-order valence-electron chi connectivity index (χ1n) is 12.7. The van der Waals surface area contributed by atoms with Crippen LogP contribution in [0.5, 0.6) is 0 Å². The van der Waals surface area contributed by atoms with Crippen LogP contribution in [0.3, 0.4) is 0 Å². The molecule has 8 heteroatoms. The minimum Gasteiger partial charge on any atom is -0.385 e. The molecule has 0 bridgehead atoms. The number of amides is 3. The van der Waals surface area contributed by atoms with Gasteiger partial charge in [-0.05, 0) is 38.3 Å². The minimum atomic E-state index is -0.255. The van der Waals surface area contributed by atoms with Crippen molar-refractivity contribution in [3.63, 3.8) is 0 Å². The SMILES string of the molecule is COCCCN(CC(=O)Nc1cc(C(C)(C)C)nn1-c1ccc(C)cc1)C(=O)NC1CCCCC1. The molecule has 0 unspecified atom stereocenters. The second-order valence-electron chi connectivity index (χ2n) is 10.5. The monoisotopic (exact) mass is 483 g/mol. The molecule has 0 radical (unpaired) electrons. The third-order valence-corrected chi connectivity index (χ3v) is 6.35. The number of benzene rings is 1. The number of carbonyl (C=O) groups is 2. The summed E-state index contributed by atoms with van der Waals surface area (Å²) >= 11 is 0. The van der Waals surface area contributed by atoms with Gasteiger partial charge in [0.2, 0.25) is 5.91 Å². The number of nitrogens with one attached hydrogen (secondary N) is 2. The maximum absolute atomic E-state index is 13.1. The molecule has 3 rings (SSSR count). The van der Waals surface area contributed by atoms with Gasteiger partial charge in [-0.25, -0.2) is 9.48 Å². The van der Waals surface area contributed by atoms with E-state index in [1.165, 1.54) is 6.42 Å². The van der Waals surface area contributed by atoms with Gasteiger partial charge < -0.3 is 20.3 Å². The van der Waals surface area contributed by atoms with Crippen LogP contribution in [0.2, 0.25) is 0 Å². The lowest BCUT2D eigenvalue weighted by molar-refractivity contribution is -0.116. The second-order valence-corrected chi connectivity index (χ2v) is 10.5. The van der Waals surface area contributed by atoms with E-state index in [2.05, 4.69) is 31.4 Å². The Labute approximate surface area is 209 Å². The van der Waals surface area contributed by atoms with Gasteiger partial charge in [-0.3, -0.25) is 4.79 Å². The highest BCUT2D eigenvalue weighted by Crippen LogP contribution is 2.26. The van der Waals surface area contributed by atoms with Crippen LogP contribution >= 0.6 is 0 Å². The van der Waals surface area contributed by atoms with Gasteiger partial charge in [-0.15, -0.1) is 0 Å². The van der Waals surface area contributed by atoms with E-state index in [0.717, 1.165) is 42.6 Å². The van der Waals surface area contributed by atoms with Crippen LogP contribution < -0.4 is 10.6 Å². The van der Waals surface area contributed by atoms with Gasteiger partial charge in [0.25, 0.3) is 0 Å². The number of carbonyl (C=O) groups excluding carboxylic acids is 2. The lowest BCUT2D eigenvalue weighted by Crippen LogP contribution is -2.48. The molecule has 8 nitrogen and oxygen atoms in total. The standard InChI is InChI=1S/C27H41N5O3/c1-20-12-14-22(15-13-20)32-24(18-23(30-32)27(2,3)4)29-25(33)19-31(16-9-17-35-5)26(34)28-21-10-7-6-8-11-21/h12-15,18,21H,6-11,16-17,19H2,1-5H3,(H,28,34)(H,29,33). The Kier molecular flexibility index (Phi) is 9.32. The van der Waals surface area contributed by atoms with Gasteiger partial charge >= 0.3 is 6.03 Å². The maximum atomic E-state index is 13.1. The smallest absolute Gasteiger partial charge is 0.318 e. The third kappa shape index (κ3) is 7.82. The maximum Gasteiger partial charge on any atom is 0.318 e. The van der Waals surface area contributed by atoms with Crippen LogP contribution in [0.25, 0.3) is 5.69 Å². The molecule has 1 saturated carbocycles. The molecular weight excluding hydrogens is 442 g/mol. The molecular formula is C27H41N5O3.